The van der Waals surface area contributed by atoms with Crippen LogP contribution in [-0.4, -0.2) is 28.2 Å². The number of methoxy groups -OCH3 is 1. The number of carbonyl (C=O) groups is 1. The van der Waals surface area contributed by atoms with Gasteiger partial charge in [0, 0.05) is 23.5 Å². The third-order valence-corrected chi connectivity index (χ3v) is 2.32. The molecular formula is C12H10N2O3. The molecule has 1 aromatic carbocycles. The smallest absolute Gasteiger partial charge is 0.335 e. The minimum atomic E-state index is -0.981. The molecule has 0 aliphatic carbocycles. The summed E-state index contributed by atoms with van der Waals surface area (Å²) in [4.78, 5) is 18.7. The number of benzene rings is 1. The van der Waals surface area contributed by atoms with E-state index in [0.29, 0.717) is 16.9 Å². The van der Waals surface area contributed by atoms with Crippen molar-refractivity contribution in [1.29, 1.82) is 0 Å². The van der Waals surface area contributed by atoms with Crippen molar-refractivity contribution in [3.63, 3.8) is 0 Å². The highest BCUT2D eigenvalue weighted by atomic mass is 16.5. The second kappa shape index (κ2) is 4.61. The van der Waals surface area contributed by atoms with Crippen LogP contribution in [0.1, 0.15) is 10.4 Å². The Bertz CT molecular complexity index is 541. The van der Waals surface area contributed by atoms with E-state index < -0.39 is 5.97 Å². The van der Waals surface area contributed by atoms with Gasteiger partial charge in [-0.15, -0.1) is 0 Å². The van der Waals surface area contributed by atoms with Gasteiger partial charge in [-0.25, -0.2) is 14.8 Å². The van der Waals surface area contributed by atoms with Crippen LogP contribution in [-0.2, 0) is 0 Å². The number of aromatic carboxylic acids is 1. The minimum absolute atomic E-state index is 0.199. The van der Waals surface area contributed by atoms with Gasteiger partial charge in [0.2, 0.25) is 0 Å². The van der Waals surface area contributed by atoms with Crippen molar-refractivity contribution >= 4 is 5.97 Å². The van der Waals surface area contributed by atoms with Crippen molar-refractivity contribution in [3.8, 4) is 16.9 Å². The lowest BCUT2D eigenvalue weighted by atomic mass is 10.0. The number of rotatable bonds is 3. The fraction of sp³-hybridized carbons (Fsp3) is 0.0833. The zero-order valence-electron chi connectivity index (χ0n) is 9.12. The highest BCUT2D eigenvalue weighted by molar-refractivity contribution is 5.90. The van der Waals surface area contributed by atoms with Crippen molar-refractivity contribution in [2.24, 2.45) is 0 Å². The Labute approximate surface area is 97.7 Å². The number of aromatic nitrogens is 2. The topological polar surface area (TPSA) is 72.3 Å². The monoisotopic (exact) mass is 230 g/mol. The molecule has 86 valence electrons. The maximum Gasteiger partial charge on any atom is 0.335 e. The minimum Gasteiger partial charge on any atom is -0.496 e. The van der Waals surface area contributed by atoms with Crippen LogP contribution in [0.5, 0.6) is 5.75 Å². The number of carboxylic acids is 1. The summed E-state index contributed by atoms with van der Waals surface area (Å²) in [5.74, 6) is -0.393. The highest BCUT2D eigenvalue weighted by Crippen LogP contribution is 2.29. The molecule has 0 saturated carbocycles. The van der Waals surface area contributed by atoms with Gasteiger partial charge in [-0.3, -0.25) is 0 Å². The molecule has 5 heteroatoms. The zero-order valence-corrected chi connectivity index (χ0v) is 9.12. The first-order valence-corrected chi connectivity index (χ1v) is 4.89. The van der Waals surface area contributed by atoms with Gasteiger partial charge >= 0.3 is 5.97 Å². The zero-order chi connectivity index (χ0) is 12.3. The van der Waals surface area contributed by atoms with Crippen LogP contribution in [0.25, 0.3) is 11.1 Å². The summed E-state index contributed by atoms with van der Waals surface area (Å²) in [5.41, 5.74) is 1.57. The first kappa shape index (κ1) is 11.1. The molecule has 0 spiro atoms. The average molecular weight is 230 g/mol. The molecule has 0 radical (unpaired) electrons. The van der Waals surface area contributed by atoms with Gasteiger partial charge in [-0.05, 0) is 18.2 Å². The Hall–Kier alpha value is -2.43. The second-order valence-electron chi connectivity index (χ2n) is 3.35. The van der Waals surface area contributed by atoms with Gasteiger partial charge in [0.25, 0.3) is 0 Å². The van der Waals surface area contributed by atoms with Gasteiger partial charge in [0.05, 0.1) is 12.7 Å². The predicted octanol–water partition coefficient (Wildman–Crippen LogP) is 1.85. The standard InChI is InChI=1S/C12H10N2O3/c1-17-11-3-2-8(12(15)16)4-10(11)9-5-13-7-14-6-9/h2-7H,1H3,(H,15,16). The largest absolute Gasteiger partial charge is 0.496 e. The number of nitrogens with zero attached hydrogens (tertiary/aromatic N) is 2. The Morgan fingerprint density at radius 3 is 2.59 bits per heavy atom. The van der Waals surface area contributed by atoms with Crippen molar-refractivity contribution < 1.29 is 14.6 Å². The van der Waals surface area contributed by atoms with E-state index in [4.69, 9.17) is 9.84 Å². The Morgan fingerprint density at radius 1 is 1.29 bits per heavy atom. The van der Waals surface area contributed by atoms with E-state index >= 15 is 0 Å². The molecule has 0 unspecified atom stereocenters. The van der Waals surface area contributed by atoms with E-state index in [1.807, 2.05) is 0 Å². The van der Waals surface area contributed by atoms with Gasteiger partial charge in [-0.1, -0.05) is 0 Å². The van der Waals surface area contributed by atoms with E-state index in [-0.39, 0.29) is 5.56 Å². The second-order valence-corrected chi connectivity index (χ2v) is 3.35. The molecule has 1 heterocycles. The Balaban J connectivity index is 2.58. The highest BCUT2D eigenvalue weighted by Gasteiger charge is 2.10. The Morgan fingerprint density at radius 2 is 2.00 bits per heavy atom. The summed E-state index contributed by atoms with van der Waals surface area (Å²) < 4.78 is 5.19. The number of ether oxygens (including phenoxy) is 1. The van der Waals surface area contributed by atoms with E-state index in [1.165, 1.54) is 19.5 Å². The quantitative estimate of drug-likeness (QED) is 0.871. The lowest BCUT2D eigenvalue weighted by Gasteiger charge is -2.08. The summed E-state index contributed by atoms with van der Waals surface area (Å²) in [6.45, 7) is 0. The van der Waals surface area contributed by atoms with Crippen molar-refractivity contribution in [3.05, 3.63) is 42.5 Å². The van der Waals surface area contributed by atoms with Crippen molar-refractivity contribution in [2.45, 2.75) is 0 Å². The van der Waals surface area contributed by atoms with Gasteiger partial charge in [-0.2, -0.15) is 0 Å². The summed E-state index contributed by atoms with van der Waals surface area (Å²) in [6.07, 6.45) is 4.63. The van der Waals surface area contributed by atoms with Crippen LogP contribution in [0.15, 0.2) is 36.9 Å². The van der Waals surface area contributed by atoms with Gasteiger partial charge in [0.1, 0.15) is 12.1 Å². The van der Waals surface area contributed by atoms with Crippen LogP contribution in [0.3, 0.4) is 0 Å². The lowest BCUT2D eigenvalue weighted by molar-refractivity contribution is 0.0697. The average Bonchev–Trinajstić information content (AvgIpc) is 2.39. The molecule has 5 nitrogen and oxygen atoms in total. The van der Waals surface area contributed by atoms with Crippen LogP contribution in [0.4, 0.5) is 0 Å². The molecule has 2 rings (SSSR count). The normalized spacial score (nSPS) is 9.94. The maximum absolute atomic E-state index is 10.9. The molecule has 0 amide bonds. The molecule has 0 bridgehead atoms. The van der Waals surface area contributed by atoms with Crippen LogP contribution >= 0.6 is 0 Å². The third kappa shape index (κ3) is 2.23. The Kier molecular flexibility index (Phi) is 3.00. The van der Waals surface area contributed by atoms with E-state index in [1.54, 1.807) is 24.5 Å². The van der Waals surface area contributed by atoms with Crippen molar-refractivity contribution in [1.82, 2.24) is 9.97 Å². The fourth-order valence-corrected chi connectivity index (χ4v) is 1.50. The fourth-order valence-electron chi connectivity index (χ4n) is 1.50. The van der Waals surface area contributed by atoms with Crippen molar-refractivity contribution in [2.75, 3.05) is 7.11 Å². The van der Waals surface area contributed by atoms with Gasteiger partial charge in [0.15, 0.2) is 0 Å². The van der Waals surface area contributed by atoms with E-state index in [2.05, 4.69) is 9.97 Å². The summed E-state index contributed by atoms with van der Waals surface area (Å²) in [5, 5.41) is 8.95. The van der Waals surface area contributed by atoms with E-state index in [9.17, 15) is 4.79 Å². The summed E-state index contributed by atoms with van der Waals surface area (Å²) in [7, 11) is 1.53. The molecule has 1 N–H and O–H groups in total. The lowest BCUT2D eigenvalue weighted by Crippen LogP contribution is -1.98. The molecule has 0 aliphatic rings. The first-order chi connectivity index (χ1) is 8.22. The maximum atomic E-state index is 10.9. The molecule has 2 aromatic rings. The molecule has 0 aliphatic heterocycles. The van der Waals surface area contributed by atoms with Crippen LogP contribution in [0.2, 0.25) is 0 Å². The number of hydrogen-bond donors (Lipinski definition) is 1. The van der Waals surface area contributed by atoms with E-state index in [0.717, 1.165) is 0 Å². The van der Waals surface area contributed by atoms with Gasteiger partial charge < -0.3 is 9.84 Å². The first-order valence-electron chi connectivity index (χ1n) is 4.89. The molecule has 1 aromatic heterocycles. The number of carboxylic acid groups (broad SMARTS) is 1. The molecule has 0 atom stereocenters. The predicted molar refractivity (Wildman–Crippen MR) is 61.0 cm³/mol. The van der Waals surface area contributed by atoms with Crippen LogP contribution in [0, 0.1) is 0 Å². The SMILES string of the molecule is COc1ccc(C(=O)O)cc1-c1cncnc1. The molecule has 0 saturated heterocycles. The molecule has 17 heavy (non-hydrogen) atoms. The molecular weight excluding hydrogens is 220 g/mol. The van der Waals surface area contributed by atoms with Crippen LogP contribution < -0.4 is 4.74 Å². The summed E-state index contributed by atoms with van der Waals surface area (Å²) in [6, 6.07) is 4.65. The third-order valence-electron chi connectivity index (χ3n) is 2.32. The number of hydrogen-bond acceptors (Lipinski definition) is 4. The summed E-state index contributed by atoms with van der Waals surface area (Å²) >= 11 is 0. The molecule has 0 fully saturated rings.